The lowest BCUT2D eigenvalue weighted by Crippen LogP contribution is -2.49. The minimum Gasteiger partial charge on any atom is -0.337 e. The van der Waals surface area contributed by atoms with Crippen LogP contribution in [-0.4, -0.2) is 61.7 Å². The lowest BCUT2D eigenvalue weighted by atomic mass is 10.2. The molecule has 1 fully saturated rings. The summed E-state index contributed by atoms with van der Waals surface area (Å²) >= 11 is 0. The first-order chi connectivity index (χ1) is 12.3. The molecule has 1 aliphatic rings. The van der Waals surface area contributed by atoms with E-state index < -0.39 is 0 Å². The average molecular weight is 335 g/mol. The number of piperazine rings is 1. The van der Waals surface area contributed by atoms with Crippen molar-refractivity contribution in [2.24, 2.45) is 0 Å². The first kappa shape index (κ1) is 15.3. The minimum absolute atomic E-state index is 0.0670. The van der Waals surface area contributed by atoms with Gasteiger partial charge in [-0.3, -0.25) is 9.78 Å². The molecule has 3 aromatic heterocycles. The van der Waals surface area contributed by atoms with Gasteiger partial charge in [-0.15, -0.1) is 0 Å². The molecule has 3 aromatic rings. The quantitative estimate of drug-likeness (QED) is 0.711. The Morgan fingerprint density at radius 1 is 0.920 bits per heavy atom. The Balaban J connectivity index is 1.45. The predicted octanol–water partition coefficient (Wildman–Crippen LogP) is 1.02. The summed E-state index contributed by atoms with van der Waals surface area (Å²) < 4.78 is 1.71. The molecule has 0 spiro atoms. The number of amides is 1. The van der Waals surface area contributed by atoms with Gasteiger partial charge in [-0.05, 0) is 24.3 Å². The van der Waals surface area contributed by atoms with Crippen LogP contribution in [0.25, 0.3) is 5.69 Å². The van der Waals surface area contributed by atoms with Gasteiger partial charge in [-0.25, -0.2) is 14.6 Å². The van der Waals surface area contributed by atoms with Crippen molar-refractivity contribution >= 4 is 11.9 Å². The third kappa shape index (κ3) is 3.18. The molecule has 4 heterocycles. The van der Waals surface area contributed by atoms with Crippen molar-refractivity contribution in [2.45, 2.75) is 0 Å². The second-order valence-electron chi connectivity index (χ2n) is 5.68. The molecule has 0 atom stereocenters. The first-order valence-corrected chi connectivity index (χ1v) is 8.08. The Bertz CT molecular complexity index is 842. The van der Waals surface area contributed by atoms with Crippen LogP contribution in [0.4, 0.5) is 5.95 Å². The number of carbonyl (C=O) groups is 1. The van der Waals surface area contributed by atoms with Gasteiger partial charge in [0.15, 0.2) is 0 Å². The summed E-state index contributed by atoms with van der Waals surface area (Å²) in [5.74, 6) is 0.635. The highest BCUT2D eigenvalue weighted by molar-refractivity contribution is 5.93. The van der Waals surface area contributed by atoms with E-state index in [0.29, 0.717) is 37.8 Å². The topological polar surface area (TPSA) is 80.0 Å². The molecule has 1 amide bonds. The van der Waals surface area contributed by atoms with Crippen molar-refractivity contribution < 1.29 is 4.79 Å². The largest absolute Gasteiger partial charge is 0.337 e. The van der Waals surface area contributed by atoms with Gasteiger partial charge in [0.25, 0.3) is 5.91 Å². The fourth-order valence-corrected chi connectivity index (χ4v) is 2.83. The molecule has 0 bridgehead atoms. The Morgan fingerprint density at radius 3 is 2.44 bits per heavy atom. The third-order valence-electron chi connectivity index (χ3n) is 4.13. The molecule has 1 aliphatic heterocycles. The molecule has 8 nitrogen and oxygen atoms in total. The average Bonchev–Trinajstić information content (AvgIpc) is 3.23. The number of hydrogen-bond acceptors (Lipinski definition) is 6. The first-order valence-electron chi connectivity index (χ1n) is 8.08. The summed E-state index contributed by atoms with van der Waals surface area (Å²) in [6.07, 6.45) is 8.63. The third-order valence-corrected chi connectivity index (χ3v) is 4.13. The number of hydrogen-bond donors (Lipinski definition) is 0. The molecule has 25 heavy (non-hydrogen) atoms. The molecule has 126 valence electrons. The van der Waals surface area contributed by atoms with Crippen molar-refractivity contribution in [3.8, 4) is 5.69 Å². The van der Waals surface area contributed by atoms with E-state index in [1.54, 1.807) is 41.6 Å². The Kier molecular flexibility index (Phi) is 4.07. The van der Waals surface area contributed by atoms with Crippen molar-refractivity contribution in [3.63, 3.8) is 0 Å². The molecule has 0 aliphatic carbocycles. The van der Waals surface area contributed by atoms with E-state index in [4.69, 9.17) is 0 Å². The highest BCUT2D eigenvalue weighted by Crippen LogP contribution is 2.13. The SMILES string of the molecule is O=C(c1cc(-n2cccn2)ccn1)N1CCN(c2ncccn2)CC1. The van der Waals surface area contributed by atoms with Crippen LogP contribution in [-0.2, 0) is 0 Å². The number of aromatic nitrogens is 5. The number of nitrogens with zero attached hydrogens (tertiary/aromatic N) is 7. The molecule has 8 heteroatoms. The van der Waals surface area contributed by atoms with Crippen LogP contribution < -0.4 is 4.90 Å². The fraction of sp³-hybridized carbons (Fsp3) is 0.235. The van der Waals surface area contributed by atoms with Crippen molar-refractivity contribution in [1.29, 1.82) is 0 Å². The lowest BCUT2D eigenvalue weighted by Gasteiger charge is -2.34. The van der Waals surface area contributed by atoms with E-state index in [1.165, 1.54) is 0 Å². The summed E-state index contributed by atoms with van der Waals surface area (Å²) in [4.78, 5) is 29.4. The van der Waals surface area contributed by atoms with Crippen LogP contribution in [0.3, 0.4) is 0 Å². The normalized spacial score (nSPS) is 14.6. The predicted molar refractivity (Wildman–Crippen MR) is 91.5 cm³/mol. The van der Waals surface area contributed by atoms with Crippen LogP contribution in [0.2, 0.25) is 0 Å². The highest BCUT2D eigenvalue weighted by atomic mass is 16.2. The van der Waals surface area contributed by atoms with Gasteiger partial charge in [0.05, 0.1) is 5.69 Å². The van der Waals surface area contributed by atoms with E-state index in [-0.39, 0.29) is 5.91 Å². The molecule has 0 N–H and O–H groups in total. The van der Waals surface area contributed by atoms with Crippen LogP contribution in [0.15, 0.2) is 55.2 Å². The van der Waals surface area contributed by atoms with E-state index >= 15 is 0 Å². The number of pyridine rings is 1. The van der Waals surface area contributed by atoms with E-state index in [2.05, 4.69) is 25.0 Å². The Hall–Kier alpha value is -3.29. The van der Waals surface area contributed by atoms with Crippen molar-refractivity contribution in [1.82, 2.24) is 29.6 Å². The van der Waals surface area contributed by atoms with Gasteiger partial charge < -0.3 is 9.80 Å². The van der Waals surface area contributed by atoms with Gasteiger partial charge in [-0.1, -0.05) is 0 Å². The Labute approximate surface area is 144 Å². The Morgan fingerprint density at radius 2 is 1.72 bits per heavy atom. The molecule has 0 saturated carbocycles. The summed E-state index contributed by atoms with van der Waals surface area (Å²) in [7, 11) is 0. The molecular formula is C17H17N7O. The molecule has 0 aromatic carbocycles. The highest BCUT2D eigenvalue weighted by Gasteiger charge is 2.24. The summed E-state index contributed by atoms with van der Waals surface area (Å²) in [5.41, 5.74) is 1.25. The monoisotopic (exact) mass is 335 g/mol. The van der Waals surface area contributed by atoms with Crippen LogP contribution in [0.1, 0.15) is 10.5 Å². The van der Waals surface area contributed by atoms with Crippen LogP contribution in [0.5, 0.6) is 0 Å². The second-order valence-corrected chi connectivity index (χ2v) is 5.68. The molecule has 1 saturated heterocycles. The van der Waals surface area contributed by atoms with E-state index in [0.717, 1.165) is 5.69 Å². The lowest BCUT2D eigenvalue weighted by molar-refractivity contribution is 0.0740. The van der Waals surface area contributed by atoms with Crippen LogP contribution in [0, 0.1) is 0 Å². The zero-order valence-corrected chi connectivity index (χ0v) is 13.6. The van der Waals surface area contributed by atoms with E-state index in [9.17, 15) is 4.79 Å². The summed E-state index contributed by atoms with van der Waals surface area (Å²) in [6, 6.07) is 7.23. The van der Waals surface area contributed by atoms with Crippen LogP contribution >= 0.6 is 0 Å². The zero-order chi connectivity index (χ0) is 17.1. The van der Waals surface area contributed by atoms with Gasteiger partial charge in [0, 0.05) is 57.2 Å². The number of rotatable bonds is 3. The number of anilines is 1. The molecule has 4 rings (SSSR count). The van der Waals surface area contributed by atoms with Gasteiger partial charge in [-0.2, -0.15) is 5.10 Å². The smallest absolute Gasteiger partial charge is 0.272 e. The molecular weight excluding hydrogens is 318 g/mol. The van der Waals surface area contributed by atoms with E-state index in [1.807, 2.05) is 23.2 Å². The fourth-order valence-electron chi connectivity index (χ4n) is 2.83. The molecule has 0 unspecified atom stereocenters. The maximum absolute atomic E-state index is 12.7. The standard InChI is InChI=1S/C17H17N7O/c25-16(15-13-14(3-7-18-15)24-8-2-6-21-24)22-9-11-23(12-10-22)17-19-4-1-5-20-17/h1-8,13H,9-12H2. The van der Waals surface area contributed by atoms with Gasteiger partial charge in [0.2, 0.25) is 5.95 Å². The molecule has 0 radical (unpaired) electrons. The second kappa shape index (κ2) is 6.68. The maximum Gasteiger partial charge on any atom is 0.272 e. The van der Waals surface area contributed by atoms with Crippen molar-refractivity contribution in [3.05, 3.63) is 60.9 Å². The summed E-state index contributed by atoms with van der Waals surface area (Å²) in [6.45, 7) is 2.64. The zero-order valence-electron chi connectivity index (χ0n) is 13.6. The number of carbonyl (C=O) groups excluding carboxylic acids is 1. The minimum atomic E-state index is -0.0670. The van der Waals surface area contributed by atoms with Crippen molar-refractivity contribution in [2.75, 3.05) is 31.1 Å². The van der Waals surface area contributed by atoms with Gasteiger partial charge >= 0.3 is 0 Å². The summed E-state index contributed by atoms with van der Waals surface area (Å²) in [5, 5.41) is 4.19. The van der Waals surface area contributed by atoms with Gasteiger partial charge in [0.1, 0.15) is 5.69 Å². The maximum atomic E-state index is 12.7.